The van der Waals surface area contributed by atoms with Crippen molar-refractivity contribution in [1.82, 2.24) is 0 Å². The quantitative estimate of drug-likeness (QED) is 0.607. The van der Waals surface area contributed by atoms with Gasteiger partial charge in [-0.05, 0) is 29.5 Å². The molecule has 2 aromatic rings. The van der Waals surface area contributed by atoms with E-state index in [9.17, 15) is 4.79 Å². The average molecular weight is 222 g/mol. The van der Waals surface area contributed by atoms with E-state index >= 15 is 0 Å². The van der Waals surface area contributed by atoms with E-state index in [1.807, 2.05) is 18.2 Å². The maximum Gasteiger partial charge on any atom is 0.160 e. The Morgan fingerprint density at radius 1 is 1.50 bits per heavy atom. The van der Waals surface area contributed by atoms with Crippen LogP contribution in [0.3, 0.4) is 0 Å². The van der Waals surface area contributed by atoms with E-state index in [-0.39, 0.29) is 0 Å². The van der Waals surface area contributed by atoms with Gasteiger partial charge >= 0.3 is 0 Å². The summed E-state index contributed by atoms with van der Waals surface area (Å²) in [6, 6.07) is 5.94. The molecule has 0 amide bonds. The lowest BCUT2D eigenvalue weighted by atomic mass is 10.1. The molecule has 0 N–H and O–H groups in total. The number of hydrogen-bond donors (Lipinski definition) is 1. The van der Waals surface area contributed by atoms with Crippen LogP contribution in [0.25, 0.3) is 10.1 Å². The normalized spacial score (nSPS) is 10.7. The van der Waals surface area contributed by atoms with Crippen LogP contribution in [0.15, 0.2) is 23.1 Å². The molecule has 0 aliphatic heterocycles. The lowest BCUT2D eigenvalue weighted by Gasteiger charge is -2.02. The summed E-state index contributed by atoms with van der Waals surface area (Å²) in [4.78, 5) is 12.5. The van der Waals surface area contributed by atoms with Crippen LogP contribution in [-0.2, 0) is 6.42 Å². The van der Waals surface area contributed by atoms with Gasteiger partial charge in [-0.2, -0.15) is 0 Å². The summed E-state index contributed by atoms with van der Waals surface area (Å²) in [6.07, 6.45) is 1.86. The summed E-state index contributed by atoms with van der Waals surface area (Å²) >= 11 is 5.96. The summed E-state index contributed by atoms with van der Waals surface area (Å²) < 4.78 is 1.20. The molecule has 0 atom stereocenters. The number of fused-ring (bicyclic) bond motifs is 1. The molecular formula is C11H10OS2. The van der Waals surface area contributed by atoms with Crippen molar-refractivity contribution in [3.05, 3.63) is 28.6 Å². The number of hydrogen-bond acceptors (Lipinski definition) is 3. The number of thiol groups is 1. The molecule has 0 saturated heterocycles. The molecule has 1 aromatic heterocycles. The first-order chi connectivity index (χ1) is 6.76. The zero-order valence-corrected chi connectivity index (χ0v) is 9.49. The van der Waals surface area contributed by atoms with Gasteiger partial charge in [-0.3, -0.25) is 4.79 Å². The van der Waals surface area contributed by atoms with Gasteiger partial charge in [0.2, 0.25) is 0 Å². The number of aryl methyl sites for hydroxylation is 1. The molecule has 0 aliphatic carbocycles. The topological polar surface area (TPSA) is 17.1 Å². The van der Waals surface area contributed by atoms with Gasteiger partial charge < -0.3 is 0 Å². The van der Waals surface area contributed by atoms with E-state index in [0.717, 1.165) is 27.9 Å². The van der Waals surface area contributed by atoms with Crippen LogP contribution in [0.2, 0.25) is 0 Å². The molecule has 0 spiro atoms. The highest BCUT2D eigenvalue weighted by atomic mass is 32.1. The minimum atomic E-state index is 0.786. The molecule has 0 saturated carbocycles. The Hall–Kier alpha value is -0.800. The summed E-state index contributed by atoms with van der Waals surface area (Å²) in [5.74, 6) is 0. The van der Waals surface area contributed by atoms with Crippen LogP contribution in [-0.4, -0.2) is 6.29 Å². The van der Waals surface area contributed by atoms with Gasteiger partial charge in [0.15, 0.2) is 6.29 Å². The second kappa shape index (κ2) is 3.75. The van der Waals surface area contributed by atoms with E-state index in [1.165, 1.54) is 10.3 Å². The van der Waals surface area contributed by atoms with E-state index in [4.69, 9.17) is 0 Å². The van der Waals surface area contributed by atoms with Crippen LogP contribution in [0.5, 0.6) is 0 Å². The fraction of sp³-hybridized carbons (Fsp3) is 0.182. The highest BCUT2D eigenvalue weighted by Crippen LogP contribution is 2.31. The van der Waals surface area contributed by atoms with Crippen LogP contribution in [0.4, 0.5) is 0 Å². The molecule has 2 rings (SSSR count). The summed E-state index contributed by atoms with van der Waals surface area (Å²) in [5.41, 5.74) is 1.24. The summed E-state index contributed by atoms with van der Waals surface area (Å²) in [7, 11) is 0. The summed E-state index contributed by atoms with van der Waals surface area (Å²) in [6.45, 7) is 2.11. The first-order valence-electron chi connectivity index (χ1n) is 4.45. The molecule has 14 heavy (non-hydrogen) atoms. The van der Waals surface area contributed by atoms with Crippen molar-refractivity contribution < 1.29 is 4.79 Å². The van der Waals surface area contributed by atoms with Crippen LogP contribution < -0.4 is 0 Å². The fourth-order valence-electron chi connectivity index (χ4n) is 1.57. The van der Waals surface area contributed by atoms with Crippen molar-refractivity contribution in [2.45, 2.75) is 18.2 Å². The third-order valence-electron chi connectivity index (χ3n) is 2.25. The molecule has 0 bridgehead atoms. The minimum absolute atomic E-state index is 0.786. The maximum atomic E-state index is 10.7. The van der Waals surface area contributed by atoms with E-state index in [2.05, 4.69) is 19.6 Å². The molecule has 72 valence electrons. The molecule has 0 aliphatic rings. The second-order valence-corrected chi connectivity index (χ2v) is 4.67. The van der Waals surface area contributed by atoms with Crippen molar-refractivity contribution in [1.29, 1.82) is 0 Å². The lowest BCUT2D eigenvalue weighted by Crippen LogP contribution is -1.82. The first-order valence-corrected chi connectivity index (χ1v) is 5.72. The Kier molecular flexibility index (Phi) is 2.61. The average Bonchev–Trinajstić information content (AvgIpc) is 2.60. The number of carbonyl (C=O) groups excluding carboxylic acids is 1. The van der Waals surface area contributed by atoms with Crippen molar-refractivity contribution >= 4 is 40.3 Å². The van der Waals surface area contributed by atoms with Gasteiger partial charge in [-0.1, -0.05) is 13.0 Å². The Balaban J connectivity index is 2.79. The zero-order chi connectivity index (χ0) is 10.1. The van der Waals surface area contributed by atoms with Gasteiger partial charge in [0.25, 0.3) is 0 Å². The van der Waals surface area contributed by atoms with Crippen molar-refractivity contribution in [3.63, 3.8) is 0 Å². The Morgan fingerprint density at radius 3 is 2.93 bits per heavy atom. The number of aldehydes is 1. The number of rotatable bonds is 2. The third kappa shape index (κ3) is 1.47. The molecule has 1 heterocycles. The molecule has 3 heteroatoms. The van der Waals surface area contributed by atoms with Gasteiger partial charge in [0.1, 0.15) is 0 Å². The van der Waals surface area contributed by atoms with E-state index in [1.54, 1.807) is 11.3 Å². The van der Waals surface area contributed by atoms with Gasteiger partial charge in [-0.25, -0.2) is 0 Å². The molecule has 0 fully saturated rings. The monoisotopic (exact) mass is 222 g/mol. The smallest absolute Gasteiger partial charge is 0.160 e. The predicted octanol–water partition coefficient (Wildman–Crippen LogP) is 3.56. The SMILES string of the molecule is CCc1c(S)ccc2cc(C=O)sc12. The molecule has 0 radical (unpaired) electrons. The van der Waals surface area contributed by atoms with Crippen molar-refractivity contribution in [3.8, 4) is 0 Å². The minimum Gasteiger partial charge on any atom is -0.297 e. The van der Waals surface area contributed by atoms with Gasteiger partial charge in [0.05, 0.1) is 4.88 Å². The van der Waals surface area contributed by atoms with Gasteiger partial charge in [0, 0.05) is 9.60 Å². The van der Waals surface area contributed by atoms with E-state index < -0.39 is 0 Å². The second-order valence-electron chi connectivity index (χ2n) is 3.10. The summed E-state index contributed by atoms with van der Waals surface area (Å²) in [5, 5.41) is 1.15. The Labute approximate surface area is 92.2 Å². The Bertz CT molecular complexity index is 485. The first kappa shape index (κ1) is 9.74. The third-order valence-corrected chi connectivity index (χ3v) is 3.81. The highest BCUT2D eigenvalue weighted by Gasteiger charge is 2.07. The molecule has 1 aromatic carbocycles. The van der Waals surface area contributed by atoms with Crippen LogP contribution in [0.1, 0.15) is 22.2 Å². The molecular weight excluding hydrogens is 212 g/mol. The van der Waals surface area contributed by atoms with Crippen LogP contribution >= 0.6 is 24.0 Å². The van der Waals surface area contributed by atoms with Crippen molar-refractivity contribution in [2.24, 2.45) is 0 Å². The van der Waals surface area contributed by atoms with E-state index in [0.29, 0.717) is 0 Å². The largest absolute Gasteiger partial charge is 0.297 e. The predicted molar refractivity (Wildman–Crippen MR) is 63.8 cm³/mol. The standard InChI is InChI=1S/C11H10OS2/c1-2-9-10(13)4-3-7-5-8(6-12)14-11(7)9/h3-6,13H,2H2,1H3. The number of benzene rings is 1. The molecule has 0 unspecified atom stereocenters. The maximum absolute atomic E-state index is 10.7. The Morgan fingerprint density at radius 2 is 2.29 bits per heavy atom. The molecule has 1 nitrogen and oxygen atoms in total. The van der Waals surface area contributed by atoms with Crippen molar-refractivity contribution in [2.75, 3.05) is 0 Å². The fourth-order valence-corrected chi connectivity index (χ4v) is 3.08. The number of carbonyl (C=O) groups is 1. The van der Waals surface area contributed by atoms with Gasteiger partial charge in [-0.15, -0.1) is 24.0 Å². The number of thiophene rings is 1. The zero-order valence-electron chi connectivity index (χ0n) is 7.78. The lowest BCUT2D eigenvalue weighted by molar-refractivity contribution is 0.112. The highest BCUT2D eigenvalue weighted by molar-refractivity contribution is 7.80. The van der Waals surface area contributed by atoms with Crippen LogP contribution in [0, 0.1) is 0 Å².